The van der Waals surface area contributed by atoms with Crippen LogP contribution in [0.5, 0.6) is 0 Å². The first kappa shape index (κ1) is 23.0. The van der Waals surface area contributed by atoms with Crippen molar-refractivity contribution < 1.29 is 29.3 Å². The number of esters is 1. The number of allylic oxidation sites excluding steroid dienone is 4. The molecule has 1 heterocycles. The summed E-state index contributed by atoms with van der Waals surface area (Å²) in [5.41, 5.74) is -1.05. The smallest absolute Gasteiger partial charge is 0.309 e. The highest BCUT2D eigenvalue weighted by molar-refractivity contribution is 5.99. The van der Waals surface area contributed by atoms with E-state index in [1.54, 1.807) is 13.0 Å². The van der Waals surface area contributed by atoms with E-state index in [4.69, 9.17) is 4.74 Å². The van der Waals surface area contributed by atoms with Gasteiger partial charge in [0.2, 0.25) is 0 Å². The molecule has 0 radical (unpaired) electrons. The molecule has 0 aromatic heterocycles. The van der Waals surface area contributed by atoms with Crippen LogP contribution in [0.1, 0.15) is 59.8 Å². The summed E-state index contributed by atoms with van der Waals surface area (Å²) in [6.45, 7) is 7.41. The molecule has 2 saturated carbocycles. The fourth-order valence-electron chi connectivity index (χ4n) is 7.96. The average Bonchev–Trinajstić information content (AvgIpc) is 3.11. The Hall–Kier alpha value is -1.79. The Morgan fingerprint density at radius 3 is 2.58 bits per heavy atom. The first-order valence-corrected chi connectivity index (χ1v) is 12.5. The number of hydrogen-bond donors (Lipinski definition) is 2. The number of cyclic esters (lactones) is 1. The lowest BCUT2D eigenvalue weighted by Gasteiger charge is -2.53. The molecule has 0 bridgehead atoms. The van der Waals surface area contributed by atoms with Crippen molar-refractivity contribution in [1.82, 2.24) is 0 Å². The molecule has 0 aromatic rings. The van der Waals surface area contributed by atoms with Gasteiger partial charge in [0.05, 0.1) is 17.4 Å². The van der Waals surface area contributed by atoms with Crippen LogP contribution in [0.25, 0.3) is 0 Å². The van der Waals surface area contributed by atoms with E-state index in [0.29, 0.717) is 12.8 Å². The van der Waals surface area contributed by atoms with Gasteiger partial charge in [0.25, 0.3) is 0 Å². The van der Waals surface area contributed by atoms with E-state index in [1.807, 2.05) is 26.8 Å². The van der Waals surface area contributed by atoms with Gasteiger partial charge in [-0.3, -0.25) is 14.4 Å². The van der Waals surface area contributed by atoms with E-state index in [2.05, 4.69) is 6.08 Å². The Morgan fingerprint density at radius 1 is 1.15 bits per heavy atom. The van der Waals surface area contributed by atoms with Crippen molar-refractivity contribution in [3.63, 3.8) is 0 Å². The van der Waals surface area contributed by atoms with Crippen LogP contribution in [0.15, 0.2) is 23.8 Å². The predicted molar refractivity (Wildman–Crippen MR) is 121 cm³/mol. The van der Waals surface area contributed by atoms with Gasteiger partial charge < -0.3 is 14.9 Å². The van der Waals surface area contributed by atoms with Gasteiger partial charge in [-0.25, -0.2) is 0 Å². The van der Waals surface area contributed by atoms with Crippen molar-refractivity contribution in [2.45, 2.75) is 77.6 Å². The lowest BCUT2D eigenvalue weighted by atomic mass is 9.50. The van der Waals surface area contributed by atoms with Gasteiger partial charge in [-0.05, 0) is 69.3 Å². The first-order chi connectivity index (χ1) is 15.5. The summed E-state index contributed by atoms with van der Waals surface area (Å²) >= 11 is 0. The summed E-state index contributed by atoms with van der Waals surface area (Å²) in [4.78, 5) is 39.0. The largest absolute Gasteiger partial charge is 0.459 e. The summed E-state index contributed by atoms with van der Waals surface area (Å²) in [6, 6.07) is 0. The Morgan fingerprint density at radius 2 is 1.88 bits per heavy atom. The maximum absolute atomic E-state index is 13.6. The molecule has 3 fully saturated rings. The molecule has 0 unspecified atom stereocenters. The van der Waals surface area contributed by atoms with Gasteiger partial charge in [-0.15, -0.1) is 0 Å². The highest BCUT2D eigenvalue weighted by atomic mass is 16.6. The maximum Gasteiger partial charge on any atom is 0.309 e. The van der Waals surface area contributed by atoms with Crippen LogP contribution in [-0.2, 0) is 19.1 Å². The molecule has 5 rings (SSSR count). The number of carbonyl (C=O) groups is 3. The van der Waals surface area contributed by atoms with Crippen LogP contribution in [-0.4, -0.2) is 45.6 Å². The Bertz CT molecular complexity index is 946. The number of Topliss-reactive ketones (excluding diaryl/α,β-unsaturated/α-hetero) is 1. The van der Waals surface area contributed by atoms with Gasteiger partial charge in [-0.1, -0.05) is 31.6 Å². The van der Waals surface area contributed by atoms with Crippen molar-refractivity contribution in [3.8, 4) is 0 Å². The van der Waals surface area contributed by atoms with Crippen LogP contribution in [0.3, 0.4) is 0 Å². The number of hydrogen-bond acceptors (Lipinski definition) is 6. The zero-order valence-electron chi connectivity index (χ0n) is 20.0. The zero-order chi connectivity index (χ0) is 23.9. The third-order valence-corrected chi connectivity index (χ3v) is 10.2. The highest BCUT2D eigenvalue weighted by Crippen LogP contribution is 2.61. The molecular formula is C27H36O6. The molecule has 2 N–H and O–H groups in total. The number of rotatable bonds is 2. The fourth-order valence-corrected chi connectivity index (χ4v) is 7.96. The molecule has 11 atom stereocenters. The van der Waals surface area contributed by atoms with E-state index in [1.165, 1.54) is 0 Å². The topological polar surface area (TPSA) is 101 Å². The van der Waals surface area contributed by atoms with Gasteiger partial charge in [0.1, 0.15) is 17.5 Å². The minimum Gasteiger partial charge on any atom is -0.459 e. The van der Waals surface area contributed by atoms with Crippen LogP contribution in [0.2, 0.25) is 0 Å². The van der Waals surface area contributed by atoms with Crippen LogP contribution in [0.4, 0.5) is 0 Å². The monoisotopic (exact) mass is 456 g/mol. The Kier molecular flexibility index (Phi) is 5.30. The van der Waals surface area contributed by atoms with Gasteiger partial charge in [-0.2, -0.15) is 0 Å². The van der Waals surface area contributed by atoms with E-state index in [9.17, 15) is 24.6 Å². The molecule has 6 nitrogen and oxygen atoms in total. The third-order valence-electron chi connectivity index (χ3n) is 10.2. The maximum atomic E-state index is 13.6. The number of aliphatic hydroxyl groups excluding tert-OH is 1. The highest BCUT2D eigenvalue weighted by Gasteiger charge is 2.64. The average molecular weight is 457 g/mol. The second-order valence-electron chi connectivity index (χ2n) is 11.8. The Balaban J connectivity index is 1.46. The Labute approximate surface area is 195 Å². The second-order valence-corrected chi connectivity index (χ2v) is 11.8. The summed E-state index contributed by atoms with van der Waals surface area (Å²) in [7, 11) is 0. The van der Waals surface area contributed by atoms with Crippen molar-refractivity contribution in [1.29, 1.82) is 0 Å². The number of carbonyl (C=O) groups excluding carboxylic acids is 3. The molecule has 6 heteroatoms. The fraction of sp³-hybridized carbons (Fsp3) is 0.741. The molecule has 1 saturated heterocycles. The number of ketones is 2. The quantitative estimate of drug-likeness (QED) is 0.489. The first-order valence-electron chi connectivity index (χ1n) is 12.5. The van der Waals surface area contributed by atoms with Crippen molar-refractivity contribution in [2.24, 2.45) is 46.8 Å². The standard InChI is InChI=1S/C27H36O6/c1-13-10-22(33-25(31)14(13)2)27(4,32)24-20(29)11-17-16-9-8-15-6-5-7-21(30)26(15,3)18(16)12-19(28)23(17)24/h5,7-8,13-14,16-18,20,22-24,29,32H,6,9-12H2,1-4H3/t13-,14+,16-,17-,18-,20-,22+,23+,24-,26-,27-/m1/s1. The van der Waals surface area contributed by atoms with E-state index in [0.717, 1.165) is 18.4 Å². The van der Waals surface area contributed by atoms with Crippen LogP contribution < -0.4 is 0 Å². The lowest BCUT2D eigenvalue weighted by molar-refractivity contribution is -0.199. The van der Waals surface area contributed by atoms with E-state index < -0.39 is 35.1 Å². The zero-order valence-corrected chi connectivity index (χ0v) is 20.0. The minimum absolute atomic E-state index is 0.0245. The molecule has 4 aliphatic carbocycles. The molecule has 180 valence electrons. The normalized spacial score (nSPS) is 48.8. The molecule has 5 aliphatic rings. The van der Waals surface area contributed by atoms with Gasteiger partial charge in [0, 0.05) is 18.3 Å². The SMILES string of the molecule is C[C@@H]1C[C@@H]([C@@](C)(O)[C@H]2[C@@H]3C(=O)C[C@@H]4[C@H](CC=C5CC=CC(=O)[C@]54C)[C@H]3C[C@H]2O)OC(=O)[C@H]1C. The third kappa shape index (κ3) is 3.16. The van der Waals surface area contributed by atoms with E-state index in [-0.39, 0.29) is 53.5 Å². The van der Waals surface area contributed by atoms with E-state index >= 15 is 0 Å². The molecule has 33 heavy (non-hydrogen) atoms. The molecule has 0 spiro atoms. The second kappa shape index (κ2) is 7.61. The van der Waals surface area contributed by atoms with Gasteiger partial charge >= 0.3 is 5.97 Å². The molecular weight excluding hydrogens is 420 g/mol. The molecule has 1 aliphatic heterocycles. The predicted octanol–water partition coefficient (Wildman–Crippen LogP) is 3.01. The van der Waals surface area contributed by atoms with Crippen molar-refractivity contribution >= 4 is 17.5 Å². The number of fused-ring (bicyclic) bond motifs is 5. The number of aliphatic hydroxyl groups is 2. The molecule has 0 aromatic carbocycles. The lowest BCUT2D eigenvalue weighted by Crippen LogP contribution is -2.58. The summed E-state index contributed by atoms with van der Waals surface area (Å²) in [5, 5.41) is 22.9. The minimum atomic E-state index is -1.51. The molecule has 0 amide bonds. The number of ether oxygens (including phenoxy) is 1. The van der Waals surface area contributed by atoms with Crippen LogP contribution in [0, 0.1) is 46.8 Å². The summed E-state index contributed by atoms with van der Waals surface area (Å²) < 4.78 is 5.64. The van der Waals surface area contributed by atoms with Crippen molar-refractivity contribution in [2.75, 3.05) is 0 Å². The van der Waals surface area contributed by atoms with Crippen LogP contribution >= 0.6 is 0 Å². The van der Waals surface area contributed by atoms with Gasteiger partial charge in [0.15, 0.2) is 5.78 Å². The summed E-state index contributed by atoms with van der Waals surface area (Å²) in [5.74, 6) is -1.65. The summed E-state index contributed by atoms with van der Waals surface area (Å²) in [6.07, 6.45) is 6.90. The van der Waals surface area contributed by atoms with Crippen molar-refractivity contribution in [3.05, 3.63) is 23.8 Å².